The maximum atomic E-state index is 11.7. The second-order valence-corrected chi connectivity index (χ2v) is 2.44. The van der Waals surface area contributed by atoms with Gasteiger partial charge >= 0.3 is 6.61 Å². The minimum absolute atomic E-state index is 0.0138. The maximum absolute atomic E-state index is 11.7. The molecule has 0 aliphatic rings. The van der Waals surface area contributed by atoms with Crippen LogP contribution in [0.2, 0.25) is 5.02 Å². The van der Waals surface area contributed by atoms with E-state index in [1.165, 1.54) is 0 Å². The van der Waals surface area contributed by atoms with Crippen LogP contribution in [0.3, 0.4) is 0 Å². The van der Waals surface area contributed by atoms with E-state index in [1.54, 1.807) is 0 Å². The zero-order chi connectivity index (χ0) is 9.84. The molecule has 6 heteroatoms. The number of pyridine rings is 1. The van der Waals surface area contributed by atoms with Crippen molar-refractivity contribution < 1.29 is 18.3 Å². The van der Waals surface area contributed by atoms with E-state index >= 15 is 0 Å². The van der Waals surface area contributed by atoms with Crippen molar-refractivity contribution in [2.24, 2.45) is 0 Å². The molecule has 0 aromatic carbocycles. The highest BCUT2D eigenvalue weighted by Gasteiger charge is 2.09. The Labute approximate surface area is 77.3 Å². The van der Waals surface area contributed by atoms with Crippen LogP contribution in [0.4, 0.5) is 8.78 Å². The smallest absolute Gasteiger partial charge is 0.387 e. The summed E-state index contributed by atoms with van der Waals surface area (Å²) in [5, 5.41) is -0.0640. The number of aldehydes is 1. The number of halogens is 3. The van der Waals surface area contributed by atoms with E-state index in [-0.39, 0.29) is 16.5 Å². The number of aromatic nitrogens is 1. The van der Waals surface area contributed by atoms with Crippen LogP contribution in [0.15, 0.2) is 12.3 Å². The topological polar surface area (TPSA) is 39.2 Å². The van der Waals surface area contributed by atoms with Crippen LogP contribution < -0.4 is 4.74 Å². The van der Waals surface area contributed by atoms with Crippen LogP contribution in [0.25, 0.3) is 0 Å². The fraction of sp³-hybridized carbons (Fsp3) is 0.143. The third kappa shape index (κ3) is 2.62. The average molecular weight is 208 g/mol. The molecule has 3 nitrogen and oxygen atoms in total. The first-order valence-corrected chi connectivity index (χ1v) is 3.57. The van der Waals surface area contributed by atoms with E-state index < -0.39 is 6.61 Å². The molecule has 0 N–H and O–H groups in total. The van der Waals surface area contributed by atoms with Crippen LogP contribution in [-0.2, 0) is 0 Å². The summed E-state index contributed by atoms with van der Waals surface area (Å²) in [6.07, 6.45) is 1.48. The van der Waals surface area contributed by atoms with E-state index in [0.717, 1.165) is 12.3 Å². The second kappa shape index (κ2) is 4.13. The predicted octanol–water partition coefficient (Wildman–Crippen LogP) is 2.15. The van der Waals surface area contributed by atoms with Gasteiger partial charge in [0.05, 0.1) is 6.20 Å². The minimum Gasteiger partial charge on any atom is -0.433 e. The largest absolute Gasteiger partial charge is 0.433 e. The first kappa shape index (κ1) is 9.85. The lowest BCUT2D eigenvalue weighted by molar-refractivity contribution is -0.0498. The van der Waals surface area contributed by atoms with Gasteiger partial charge in [0.25, 0.3) is 0 Å². The molecule has 0 unspecified atom stereocenters. The van der Waals surface area contributed by atoms with E-state index in [1.807, 2.05) is 0 Å². The molecule has 0 saturated carbocycles. The lowest BCUT2D eigenvalue weighted by atomic mass is 10.3. The Morgan fingerprint density at radius 3 is 2.85 bits per heavy atom. The van der Waals surface area contributed by atoms with Crippen LogP contribution in [0.1, 0.15) is 10.5 Å². The molecule has 1 aromatic heterocycles. The number of carbonyl (C=O) groups excluding carboxylic acids is 1. The van der Waals surface area contributed by atoms with Gasteiger partial charge in [-0.2, -0.15) is 8.78 Å². The Morgan fingerprint density at radius 1 is 1.62 bits per heavy atom. The fourth-order valence-corrected chi connectivity index (χ4v) is 0.834. The van der Waals surface area contributed by atoms with Gasteiger partial charge in [-0.05, 0) is 0 Å². The molecule has 0 amide bonds. The molecule has 0 saturated heterocycles. The SMILES string of the molecule is O=Cc1cc(OC(F)F)c(Cl)cn1. The standard InChI is InChI=1S/C7H4ClF2NO2/c8-5-2-11-4(3-12)1-6(5)13-7(9)10/h1-3,7H. The molecule has 0 fully saturated rings. The monoisotopic (exact) mass is 207 g/mol. The molecular weight excluding hydrogens is 204 g/mol. The summed E-state index contributed by atoms with van der Waals surface area (Å²) in [6, 6.07) is 1.04. The van der Waals surface area contributed by atoms with Crippen molar-refractivity contribution in [1.29, 1.82) is 0 Å². The molecule has 0 spiro atoms. The van der Waals surface area contributed by atoms with Crippen LogP contribution >= 0.6 is 11.6 Å². The Kier molecular flexibility index (Phi) is 3.13. The number of hydrogen-bond acceptors (Lipinski definition) is 3. The van der Waals surface area contributed by atoms with E-state index in [0.29, 0.717) is 6.29 Å². The Bertz CT molecular complexity index is 319. The summed E-state index contributed by atoms with van der Waals surface area (Å²) >= 11 is 5.46. The lowest BCUT2D eigenvalue weighted by Crippen LogP contribution is -2.03. The summed E-state index contributed by atoms with van der Waals surface area (Å²) < 4.78 is 27.5. The van der Waals surface area contributed by atoms with Crippen molar-refractivity contribution in [1.82, 2.24) is 4.98 Å². The summed E-state index contributed by atoms with van der Waals surface area (Å²) in [5.41, 5.74) is -0.0138. The van der Waals surface area contributed by atoms with E-state index in [9.17, 15) is 13.6 Å². The number of ether oxygens (including phenoxy) is 1. The summed E-state index contributed by atoms with van der Waals surface area (Å²) in [4.78, 5) is 13.7. The molecule has 13 heavy (non-hydrogen) atoms. The highest BCUT2D eigenvalue weighted by atomic mass is 35.5. The Morgan fingerprint density at radius 2 is 2.31 bits per heavy atom. The number of carbonyl (C=O) groups is 1. The number of hydrogen-bond donors (Lipinski definition) is 0. The maximum Gasteiger partial charge on any atom is 0.387 e. The van der Waals surface area contributed by atoms with Gasteiger partial charge in [0.15, 0.2) is 6.29 Å². The van der Waals surface area contributed by atoms with Gasteiger partial charge in [-0.15, -0.1) is 0 Å². The van der Waals surface area contributed by atoms with Crippen LogP contribution in [-0.4, -0.2) is 17.9 Å². The molecule has 0 aliphatic carbocycles. The number of rotatable bonds is 3. The van der Waals surface area contributed by atoms with Gasteiger partial charge < -0.3 is 4.74 Å². The lowest BCUT2D eigenvalue weighted by Gasteiger charge is -2.05. The third-order valence-electron chi connectivity index (χ3n) is 1.18. The van der Waals surface area contributed by atoms with Gasteiger partial charge in [0.1, 0.15) is 16.5 Å². The zero-order valence-electron chi connectivity index (χ0n) is 6.21. The van der Waals surface area contributed by atoms with Crippen molar-refractivity contribution >= 4 is 17.9 Å². The predicted molar refractivity (Wildman–Crippen MR) is 41.3 cm³/mol. The quantitative estimate of drug-likeness (QED) is 0.713. The normalized spacial score (nSPS) is 10.2. The molecule has 0 atom stereocenters. The van der Waals surface area contributed by atoms with Crippen LogP contribution in [0.5, 0.6) is 5.75 Å². The molecule has 1 rings (SSSR count). The zero-order valence-corrected chi connectivity index (χ0v) is 6.96. The first-order valence-electron chi connectivity index (χ1n) is 3.19. The summed E-state index contributed by atoms with van der Waals surface area (Å²) in [7, 11) is 0. The van der Waals surface area contributed by atoms with Gasteiger partial charge in [-0.1, -0.05) is 11.6 Å². The average Bonchev–Trinajstić information content (AvgIpc) is 2.08. The second-order valence-electron chi connectivity index (χ2n) is 2.04. The fourth-order valence-electron chi connectivity index (χ4n) is 0.686. The Hall–Kier alpha value is -1.23. The molecule has 1 heterocycles. The molecule has 70 valence electrons. The highest BCUT2D eigenvalue weighted by molar-refractivity contribution is 6.31. The molecule has 0 radical (unpaired) electrons. The highest BCUT2D eigenvalue weighted by Crippen LogP contribution is 2.24. The Balaban J connectivity index is 2.96. The first-order chi connectivity index (χ1) is 6.13. The third-order valence-corrected chi connectivity index (χ3v) is 1.46. The van der Waals surface area contributed by atoms with Gasteiger partial charge in [-0.25, -0.2) is 0 Å². The molecule has 0 bridgehead atoms. The number of nitrogens with zero attached hydrogens (tertiary/aromatic N) is 1. The molecule has 0 aliphatic heterocycles. The minimum atomic E-state index is -2.97. The van der Waals surface area contributed by atoms with Gasteiger partial charge in [-0.3, -0.25) is 9.78 Å². The van der Waals surface area contributed by atoms with Crippen molar-refractivity contribution in [2.75, 3.05) is 0 Å². The van der Waals surface area contributed by atoms with Crippen molar-refractivity contribution in [3.05, 3.63) is 23.0 Å². The summed E-state index contributed by atoms with van der Waals surface area (Å²) in [6.45, 7) is -2.97. The molecular formula is C7H4ClF2NO2. The van der Waals surface area contributed by atoms with Gasteiger partial charge in [0, 0.05) is 6.07 Å². The molecule has 1 aromatic rings. The van der Waals surface area contributed by atoms with E-state index in [4.69, 9.17) is 11.6 Å². The van der Waals surface area contributed by atoms with Gasteiger partial charge in [0.2, 0.25) is 0 Å². The van der Waals surface area contributed by atoms with Crippen molar-refractivity contribution in [3.8, 4) is 5.75 Å². The van der Waals surface area contributed by atoms with Crippen molar-refractivity contribution in [3.63, 3.8) is 0 Å². The van der Waals surface area contributed by atoms with Crippen molar-refractivity contribution in [2.45, 2.75) is 6.61 Å². The summed E-state index contributed by atoms with van der Waals surface area (Å²) in [5.74, 6) is -0.256. The van der Waals surface area contributed by atoms with E-state index in [2.05, 4.69) is 9.72 Å². The number of alkyl halides is 2. The van der Waals surface area contributed by atoms with Crippen LogP contribution in [0, 0.1) is 0 Å².